The van der Waals surface area contributed by atoms with E-state index in [4.69, 9.17) is 4.18 Å². The predicted molar refractivity (Wildman–Crippen MR) is 91.6 cm³/mol. The zero-order chi connectivity index (χ0) is 16.8. The summed E-state index contributed by atoms with van der Waals surface area (Å²) in [5, 5.41) is 0. The highest BCUT2D eigenvalue weighted by molar-refractivity contribution is 7.86. The Morgan fingerprint density at radius 1 is 1.09 bits per heavy atom. The molecule has 0 N–H and O–H groups in total. The van der Waals surface area contributed by atoms with Gasteiger partial charge in [-0.3, -0.25) is 4.18 Å². The molecule has 3 nitrogen and oxygen atoms in total. The largest absolute Gasteiger partial charge is 0.296 e. The van der Waals surface area contributed by atoms with Crippen LogP contribution in [0.1, 0.15) is 65.9 Å². The van der Waals surface area contributed by atoms with E-state index in [-0.39, 0.29) is 16.9 Å². The van der Waals surface area contributed by atoms with Crippen LogP contribution in [0.3, 0.4) is 0 Å². The van der Waals surface area contributed by atoms with Gasteiger partial charge in [-0.15, -0.1) is 0 Å². The molecule has 22 heavy (non-hydrogen) atoms. The minimum Gasteiger partial charge on any atom is -0.266 e. The Balaban J connectivity index is 2.74. The van der Waals surface area contributed by atoms with Crippen molar-refractivity contribution in [3.8, 4) is 0 Å². The molecule has 0 aliphatic rings. The summed E-state index contributed by atoms with van der Waals surface area (Å²) >= 11 is 0. The van der Waals surface area contributed by atoms with Crippen LogP contribution in [0.2, 0.25) is 0 Å². The summed E-state index contributed by atoms with van der Waals surface area (Å²) in [7, 11) is -3.65. The number of hydrogen-bond donors (Lipinski definition) is 0. The Morgan fingerprint density at radius 2 is 1.68 bits per heavy atom. The quantitative estimate of drug-likeness (QED) is 0.638. The first-order chi connectivity index (χ1) is 10.2. The second kappa shape index (κ2) is 8.11. The molecule has 0 saturated heterocycles. The molecule has 1 aromatic carbocycles. The van der Waals surface area contributed by atoms with E-state index in [1.54, 1.807) is 12.1 Å². The summed E-state index contributed by atoms with van der Waals surface area (Å²) < 4.78 is 29.8. The van der Waals surface area contributed by atoms with E-state index in [9.17, 15) is 8.42 Å². The van der Waals surface area contributed by atoms with E-state index < -0.39 is 10.1 Å². The number of hydrogen-bond acceptors (Lipinski definition) is 3. The molecule has 0 aromatic heterocycles. The lowest BCUT2D eigenvalue weighted by molar-refractivity contribution is 0.238. The van der Waals surface area contributed by atoms with Crippen LogP contribution in [-0.2, 0) is 19.7 Å². The molecular weight excluding hydrogens is 296 g/mol. The van der Waals surface area contributed by atoms with Gasteiger partial charge in [-0.2, -0.15) is 8.42 Å². The molecule has 0 saturated carbocycles. The zero-order valence-corrected chi connectivity index (χ0v) is 15.4. The second-order valence-electron chi connectivity index (χ2n) is 6.93. The number of benzene rings is 1. The van der Waals surface area contributed by atoms with E-state index in [2.05, 4.69) is 34.6 Å². The van der Waals surface area contributed by atoms with Crippen molar-refractivity contribution in [2.45, 2.75) is 70.6 Å². The molecule has 0 radical (unpaired) electrons. The third-order valence-corrected chi connectivity index (χ3v) is 5.31. The van der Waals surface area contributed by atoms with E-state index >= 15 is 0 Å². The minimum atomic E-state index is -3.65. The van der Waals surface area contributed by atoms with Gasteiger partial charge in [0.05, 0.1) is 11.5 Å². The first kappa shape index (κ1) is 19.2. The van der Waals surface area contributed by atoms with Crippen LogP contribution in [0.4, 0.5) is 0 Å². The Labute approximate surface area is 136 Å². The molecule has 1 atom stereocenters. The first-order valence-corrected chi connectivity index (χ1v) is 9.61. The smallest absolute Gasteiger partial charge is 0.266 e. The van der Waals surface area contributed by atoms with Gasteiger partial charge in [0, 0.05) is 0 Å². The fraction of sp³-hybridized carbons (Fsp3) is 0.667. The maximum absolute atomic E-state index is 12.3. The lowest BCUT2D eigenvalue weighted by Crippen LogP contribution is -2.15. The molecule has 4 heteroatoms. The van der Waals surface area contributed by atoms with Crippen LogP contribution in [-0.4, -0.2) is 15.0 Å². The van der Waals surface area contributed by atoms with E-state index in [1.807, 2.05) is 12.1 Å². The fourth-order valence-electron chi connectivity index (χ4n) is 2.27. The molecule has 1 rings (SSSR count). The molecule has 0 amide bonds. The van der Waals surface area contributed by atoms with Gasteiger partial charge in [-0.05, 0) is 35.4 Å². The molecule has 0 aliphatic carbocycles. The average Bonchev–Trinajstić information content (AvgIpc) is 2.46. The highest BCUT2D eigenvalue weighted by atomic mass is 32.2. The van der Waals surface area contributed by atoms with E-state index in [0.29, 0.717) is 5.92 Å². The number of unbranched alkanes of at least 4 members (excludes halogenated alkanes) is 1. The highest BCUT2D eigenvalue weighted by Gasteiger charge is 2.19. The van der Waals surface area contributed by atoms with Crippen molar-refractivity contribution in [2.75, 3.05) is 6.61 Å². The van der Waals surface area contributed by atoms with E-state index in [0.717, 1.165) is 31.2 Å². The Morgan fingerprint density at radius 3 is 2.14 bits per heavy atom. The summed E-state index contributed by atoms with van der Waals surface area (Å²) in [6.07, 6.45) is 4.20. The van der Waals surface area contributed by atoms with Crippen molar-refractivity contribution in [3.63, 3.8) is 0 Å². The van der Waals surface area contributed by atoms with Crippen molar-refractivity contribution in [3.05, 3.63) is 29.8 Å². The van der Waals surface area contributed by atoms with E-state index in [1.165, 1.54) is 0 Å². The topological polar surface area (TPSA) is 43.4 Å². The van der Waals surface area contributed by atoms with Gasteiger partial charge < -0.3 is 0 Å². The van der Waals surface area contributed by atoms with Crippen LogP contribution >= 0.6 is 0 Å². The lowest BCUT2D eigenvalue weighted by atomic mass is 9.87. The monoisotopic (exact) mass is 326 g/mol. The SMILES string of the molecule is CCCCC(CC)COS(=O)(=O)c1ccc(C(C)(C)C)cc1. The molecule has 0 aliphatic heterocycles. The van der Waals surface area contributed by atoms with Crippen molar-refractivity contribution in [1.29, 1.82) is 0 Å². The van der Waals surface area contributed by atoms with Crippen LogP contribution in [0.5, 0.6) is 0 Å². The van der Waals surface area contributed by atoms with Crippen molar-refractivity contribution >= 4 is 10.1 Å². The Hall–Kier alpha value is -0.870. The summed E-state index contributed by atoms with van der Waals surface area (Å²) in [6, 6.07) is 7.01. The summed E-state index contributed by atoms with van der Waals surface area (Å²) in [5.74, 6) is 0.309. The summed E-state index contributed by atoms with van der Waals surface area (Å²) in [6.45, 7) is 10.8. The fourth-order valence-corrected chi connectivity index (χ4v) is 3.25. The molecule has 0 spiro atoms. The molecular formula is C18H30O3S. The van der Waals surface area contributed by atoms with Gasteiger partial charge in [0.1, 0.15) is 0 Å². The van der Waals surface area contributed by atoms with Crippen LogP contribution < -0.4 is 0 Å². The zero-order valence-electron chi connectivity index (χ0n) is 14.6. The third kappa shape index (κ3) is 5.73. The molecule has 0 bridgehead atoms. The Kier molecular flexibility index (Phi) is 7.07. The highest BCUT2D eigenvalue weighted by Crippen LogP contribution is 2.24. The minimum absolute atomic E-state index is 0.0105. The third-order valence-electron chi connectivity index (χ3n) is 4.01. The summed E-state index contributed by atoms with van der Waals surface area (Å²) in [4.78, 5) is 0.242. The predicted octanol–water partition coefficient (Wildman–Crippen LogP) is 4.91. The molecule has 1 aromatic rings. The van der Waals surface area contributed by atoms with Gasteiger partial charge in [-0.1, -0.05) is 66.0 Å². The van der Waals surface area contributed by atoms with Gasteiger partial charge in [0.15, 0.2) is 0 Å². The van der Waals surface area contributed by atoms with Crippen LogP contribution in [0, 0.1) is 5.92 Å². The van der Waals surface area contributed by atoms with Gasteiger partial charge >= 0.3 is 0 Å². The standard InChI is InChI=1S/C18H30O3S/c1-6-8-9-15(7-2)14-21-22(19,20)17-12-10-16(11-13-17)18(3,4)5/h10-13,15H,6-9,14H2,1-5H3. The molecule has 1 unspecified atom stereocenters. The first-order valence-electron chi connectivity index (χ1n) is 8.20. The van der Waals surface area contributed by atoms with Gasteiger partial charge in [0.25, 0.3) is 10.1 Å². The molecule has 0 fully saturated rings. The normalized spacial score (nSPS) is 14.0. The average molecular weight is 327 g/mol. The summed E-state index contributed by atoms with van der Waals surface area (Å²) in [5.41, 5.74) is 1.12. The van der Waals surface area contributed by atoms with Crippen molar-refractivity contribution in [2.24, 2.45) is 5.92 Å². The van der Waals surface area contributed by atoms with Gasteiger partial charge in [-0.25, -0.2) is 0 Å². The lowest BCUT2D eigenvalue weighted by Gasteiger charge is -2.19. The second-order valence-corrected chi connectivity index (χ2v) is 8.54. The van der Waals surface area contributed by atoms with Crippen molar-refractivity contribution in [1.82, 2.24) is 0 Å². The maximum Gasteiger partial charge on any atom is 0.296 e. The molecule has 126 valence electrons. The maximum atomic E-state index is 12.3. The van der Waals surface area contributed by atoms with Gasteiger partial charge in [0.2, 0.25) is 0 Å². The van der Waals surface area contributed by atoms with Crippen molar-refractivity contribution < 1.29 is 12.6 Å². The molecule has 0 heterocycles. The van der Waals surface area contributed by atoms with Crippen LogP contribution in [0.15, 0.2) is 29.2 Å². The Bertz CT molecular complexity index is 539. The number of rotatable bonds is 8. The van der Waals surface area contributed by atoms with Crippen LogP contribution in [0.25, 0.3) is 0 Å².